The van der Waals surface area contributed by atoms with Gasteiger partial charge in [-0.25, -0.2) is 4.68 Å². The van der Waals surface area contributed by atoms with E-state index in [1.807, 2.05) is 59.4 Å². The predicted octanol–water partition coefficient (Wildman–Crippen LogP) is 2.91. The van der Waals surface area contributed by atoms with E-state index in [4.69, 9.17) is 5.10 Å². The number of carbonyl (C=O) groups is 1. The molecule has 1 unspecified atom stereocenters. The van der Waals surface area contributed by atoms with Gasteiger partial charge < -0.3 is 10.2 Å². The fourth-order valence-corrected chi connectivity index (χ4v) is 4.33. The number of para-hydroxylation sites is 1. The minimum absolute atomic E-state index is 0.0729. The Morgan fingerprint density at radius 1 is 1.22 bits per heavy atom. The minimum atomic E-state index is -0.0729. The third kappa shape index (κ3) is 5.71. The first-order valence-electron chi connectivity index (χ1n) is 11.6. The highest BCUT2D eigenvalue weighted by Gasteiger charge is 2.20. The van der Waals surface area contributed by atoms with Crippen LogP contribution in [0.1, 0.15) is 38.2 Å². The minimum Gasteiger partial charge on any atom is -0.352 e. The molecule has 2 atom stereocenters. The molecule has 0 radical (unpaired) electrons. The lowest BCUT2D eigenvalue weighted by atomic mass is 10.0. The predicted molar refractivity (Wildman–Crippen MR) is 127 cm³/mol. The summed E-state index contributed by atoms with van der Waals surface area (Å²) >= 11 is 0. The van der Waals surface area contributed by atoms with Crippen molar-refractivity contribution in [1.29, 1.82) is 0 Å². The molecule has 0 aliphatic carbocycles. The van der Waals surface area contributed by atoms with Gasteiger partial charge in [-0.15, -0.1) is 0 Å². The fraction of sp³-hybridized carbons (Fsp3) is 0.346. The third-order valence-corrected chi connectivity index (χ3v) is 6.17. The molecule has 0 saturated carbocycles. The van der Waals surface area contributed by atoms with Gasteiger partial charge in [0.05, 0.1) is 24.8 Å². The van der Waals surface area contributed by atoms with Crippen LogP contribution in [-0.4, -0.2) is 46.3 Å². The molecule has 3 heterocycles. The van der Waals surface area contributed by atoms with Gasteiger partial charge in [0, 0.05) is 48.8 Å². The number of carbonyl (C=O) groups excluding carboxylic acids is 1. The molecule has 0 spiro atoms. The number of hydrogen-bond donors (Lipinski definition) is 2. The summed E-state index contributed by atoms with van der Waals surface area (Å²) in [6.45, 7) is 5.43. The van der Waals surface area contributed by atoms with E-state index in [0.717, 1.165) is 41.5 Å². The van der Waals surface area contributed by atoms with Crippen molar-refractivity contribution in [2.24, 2.45) is 0 Å². The summed E-state index contributed by atoms with van der Waals surface area (Å²) in [6, 6.07) is 14.6. The number of rotatable bonds is 8. The van der Waals surface area contributed by atoms with Crippen LogP contribution in [0.4, 0.5) is 0 Å². The molecule has 1 aliphatic rings. The molecule has 3 aromatic rings. The number of nitrogens with one attached hydrogen (secondary N) is 2. The van der Waals surface area contributed by atoms with Crippen LogP contribution in [0.25, 0.3) is 23.0 Å². The van der Waals surface area contributed by atoms with Crippen LogP contribution in [0.3, 0.4) is 0 Å². The molecular weight excluding hydrogens is 398 g/mol. The Morgan fingerprint density at radius 2 is 2.09 bits per heavy atom. The number of pyridine rings is 1. The van der Waals surface area contributed by atoms with Gasteiger partial charge in [-0.3, -0.25) is 9.78 Å². The molecular formula is C26H32N5O+. The lowest BCUT2D eigenvalue weighted by Crippen LogP contribution is -3.16. The second kappa shape index (κ2) is 10.9. The Labute approximate surface area is 190 Å². The van der Waals surface area contributed by atoms with Gasteiger partial charge in [-0.2, -0.15) is 5.10 Å². The zero-order valence-corrected chi connectivity index (χ0v) is 18.7. The van der Waals surface area contributed by atoms with Gasteiger partial charge in [-0.1, -0.05) is 18.2 Å². The number of likely N-dealkylation sites (tertiary alicyclic amines) is 1. The lowest BCUT2D eigenvalue weighted by molar-refractivity contribution is -0.928. The van der Waals surface area contributed by atoms with Gasteiger partial charge in [0.25, 0.3) is 0 Å². The highest BCUT2D eigenvalue weighted by molar-refractivity contribution is 5.92. The quantitative estimate of drug-likeness (QED) is 0.427. The Bertz CT molecular complexity index is 1030. The number of hydrogen-bond acceptors (Lipinski definition) is 3. The number of amides is 1. The topological polar surface area (TPSA) is 64.2 Å². The van der Waals surface area contributed by atoms with E-state index in [2.05, 4.69) is 17.2 Å². The van der Waals surface area contributed by atoms with E-state index in [1.54, 1.807) is 23.4 Å². The second-order valence-electron chi connectivity index (χ2n) is 8.49. The molecule has 1 aromatic carbocycles. The van der Waals surface area contributed by atoms with Crippen molar-refractivity contribution in [1.82, 2.24) is 20.1 Å². The molecule has 4 rings (SSSR count). The van der Waals surface area contributed by atoms with Gasteiger partial charge >= 0.3 is 0 Å². The molecule has 166 valence electrons. The molecule has 2 N–H and O–H groups in total. The van der Waals surface area contributed by atoms with Crippen molar-refractivity contribution in [3.63, 3.8) is 0 Å². The number of piperidine rings is 1. The van der Waals surface area contributed by atoms with Gasteiger partial charge in [0.2, 0.25) is 5.91 Å². The monoisotopic (exact) mass is 430 g/mol. The normalized spacial score (nSPS) is 18.7. The maximum atomic E-state index is 12.4. The molecule has 1 amide bonds. The molecule has 6 heteroatoms. The lowest BCUT2D eigenvalue weighted by Gasteiger charge is -2.30. The third-order valence-electron chi connectivity index (χ3n) is 6.17. The zero-order valence-electron chi connectivity index (χ0n) is 18.7. The average molecular weight is 431 g/mol. The van der Waals surface area contributed by atoms with Crippen LogP contribution in [0.5, 0.6) is 0 Å². The van der Waals surface area contributed by atoms with Crippen molar-refractivity contribution < 1.29 is 9.69 Å². The van der Waals surface area contributed by atoms with Crippen molar-refractivity contribution in [3.8, 4) is 16.9 Å². The van der Waals surface area contributed by atoms with Crippen molar-refractivity contribution >= 4 is 12.0 Å². The van der Waals surface area contributed by atoms with Crippen molar-refractivity contribution in [3.05, 3.63) is 72.7 Å². The van der Waals surface area contributed by atoms with Crippen LogP contribution >= 0.6 is 0 Å². The Kier molecular flexibility index (Phi) is 7.46. The van der Waals surface area contributed by atoms with E-state index < -0.39 is 0 Å². The molecule has 32 heavy (non-hydrogen) atoms. The molecule has 1 saturated heterocycles. The zero-order chi connectivity index (χ0) is 22.2. The van der Waals surface area contributed by atoms with Crippen LogP contribution in [-0.2, 0) is 4.79 Å². The summed E-state index contributed by atoms with van der Waals surface area (Å²) in [7, 11) is 0. The van der Waals surface area contributed by atoms with Crippen LogP contribution in [0, 0.1) is 0 Å². The maximum absolute atomic E-state index is 12.4. The Hall–Kier alpha value is -3.25. The number of benzene rings is 1. The first-order valence-corrected chi connectivity index (χ1v) is 11.6. The van der Waals surface area contributed by atoms with Gasteiger partial charge in [-0.05, 0) is 56.5 Å². The number of quaternary nitrogens is 1. The smallest absolute Gasteiger partial charge is 0.244 e. The highest BCUT2D eigenvalue weighted by Crippen LogP contribution is 2.24. The molecule has 2 aromatic heterocycles. The first-order chi connectivity index (χ1) is 15.7. The molecule has 1 aliphatic heterocycles. The fourth-order valence-electron chi connectivity index (χ4n) is 4.33. The van der Waals surface area contributed by atoms with Crippen molar-refractivity contribution in [2.75, 3.05) is 19.6 Å². The van der Waals surface area contributed by atoms with E-state index in [1.165, 1.54) is 25.8 Å². The number of aromatic nitrogens is 3. The van der Waals surface area contributed by atoms with E-state index in [0.29, 0.717) is 6.54 Å². The van der Waals surface area contributed by atoms with Crippen LogP contribution in [0.15, 0.2) is 67.1 Å². The Morgan fingerprint density at radius 3 is 2.88 bits per heavy atom. The molecule has 6 nitrogen and oxygen atoms in total. The van der Waals surface area contributed by atoms with Gasteiger partial charge in [0.15, 0.2) is 0 Å². The second-order valence-corrected chi connectivity index (χ2v) is 8.49. The summed E-state index contributed by atoms with van der Waals surface area (Å²) in [4.78, 5) is 18.3. The van der Waals surface area contributed by atoms with E-state index in [9.17, 15) is 4.79 Å². The number of nitrogens with zero attached hydrogens (tertiary/aromatic N) is 3. The molecule has 0 bridgehead atoms. The molecule has 1 fully saturated rings. The standard InChI is InChI=1S/C26H31N5O/c1-21-9-5-6-17-30(21)18-8-16-28-25(32)14-13-23-20-31(24-11-3-2-4-12-24)29-26(23)22-10-7-15-27-19-22/h2-4,7,10-15,19-21H,5-6,8-9,16-18H2,1H3,(H,28,32)/p+1/b14-13+/t21-/m1/s1. The largest absolute Gasteiger partial charge is 0.352 e. The Balaban J connectivity index is 1.40. The van der Waals surface area contributed by atoms with E-state index in [-0.39, 0.29) is 5.91 Å². The summed E-state index contributed by atoms with van der Waals surface area (Å²) < 4.78 is 1.84. The summed E-state index contributed by atoms with van der Waals surface area (Å²) in [5.41, 5.74) is 3.56. The van der Waals surface area contributed by atoms with Crippen molar-refractivity contribution in [2.45, 2.75) is 38.6 Å². The summed E-state index contributed by atoms with van der Waals surface area (Å²) in [5.74, 6) is -0.0729. The highest BCUT2D eigenvalue weighted by atomic mass is 16.1. The van der Waals surface area contributed by atoms with Crippen LogP contribution < -0.4 is 10.2 Å². The SMILES string of the molecule is C[C@@H]1CCCC[NH+]1CCCNC(=O)/C=C/c1cn(-c2ccccc2)nc1-c1cccnc1. The first kappa shape index (κ1) is 22.0. The van der Waals surface area contributed by atoms with Gasteiger partial charge in [0.1, 0.15) is 5.69 Å². The summed E-state index contributed by atoms with van der Waals surface area (Å²) in [6.07, 6.45) is 13.9. The van der Waals surface area contributed by atoms with Crippen LogP contribution in [0.2, 0.25) is 0 Å². The van der Waals surface area contributed by atoms with E-state index >= 15 is 0 Å². The average Bonchev–Trinajstić information content (AvgIpc) is 3.27. The summed E-state index contributed by atoms with van der Waals surface area (Å²) in [5, 5.41) is 7.78. The maximum Gasteiger partial charge on any atom is 0.244 e.